The van der Waals surface area contributed by atoms with Crippen LogP contribution < -0.4 is 4.90 Å². The van der Waals surface area contributed by atoms with Crippen molar-refractivity contribution in [1.29, 1.82) is 0 Å². The van der Waals surface area contributed by atoms with Crippen LogP contribution in [0, 0.1) is 0 Å². The Labute approximate surface area is 85.5 Å². The zero-order valence-corrected chi connectivity index (χ0v) is 8.81. The molecular formula is C12H17NO. The maximum absolute atomic E-state index is 5.70. The van der Waals surface area contributed by atoms with Gasteiger partial charge in [-0.15, -0.1) is 0 Å². The van der Waals surface area contributed by atoms with Gasteiger partial charge in [-0.1, -0.05) is 18.2 Å². The van der Waals surface area contributed by atoms with Crippen LogP contribution in [0.4, 0.5) is 5.69 Å². The molecule has 2 rings (SSSR count). The minimum Gasteiger partial charge on any atom is -0.372 e. The quantitative estimate of drug-likeness (QED) is 0.675. The third-order valence-electron chi connectivity index (χ3n) is 2.54. The first-order valence-electron chi connectivity index (χ1n) is 5.21. The second kappa shape index (κ2) is 4.01. The van der Waals surface area contributed by atoms with Gasteiger partial charge in [0.25, 0.3) is 0 Å². The second-order valence-corrected chi connectivity index (χ2v) is 4.00. The maximum atomic E-state index is 5.70. The van der Waals surface area contributed by atoms with Gasteiger partial charge in [0, 0.05) is 18.8 Å². The monoisotopic (exact) mass is 191 g/mol. The lowest BCUT2D eigenvalue weighted by molar-refractivity contribution is -0.00521. The largest absolute Gasteiger partial charge is 0.372 e. The molecule has 0 radical (unpaired) electrons. The maximum Gasteiger partial charge on any atom is 0.0726 e. The van der Waals surface area contributed by atoms with Crippen molar-refractivity contribution in [1.82, 2.24) is 0 Å². The molecule has 2 heteroatoms. The van der Waals surface area contributed by atoms with Crippen LogP contribution in [-0.2, 0) is 4.74 Å². The highest BCUT2D eigenvalue weighted by Crippen LogP contribution is 2.19. The fourth-order valence-corrected chi connectivity index (χ4v) is 2.03. The number of nitrogens with zero attached hydrogens (tertiary/aromatic N) is 1. The highest BCUT2D eigenvalue weighted by atomic mass is 16.5. The van der Waals surface area contributed by atoms with Gasteiger partial charge >= 0.3 is 0 Å². The van der Waals surface area contributed by atoms with E-state index in [-0.39, 0.29) is 0 Å². The first-order valence-corrected chi connectivity index (χ1v) is 5.21. The van der Waals surface area contributed by atoms with Gasteiger partial charge < -0.3 is 9.64 Å². The Hall–Kier alpha value is -1.02. The third kappa shape index (κ3) is 2.07. The molecule has 0 spiro atoms. The summed E-state index contributed by atoms with van der Waals surface area (Å²) in [4.78, 5) is 2.39. The fraction of sp³-hybridized carbons (Fsp3) is 0.500. The molecule has 0 aromatic heterocycles. The normalized spacial score (nSPS) is 27.7. The van der Waals surface area contributed by atoms with E-state index >= 15 is 0 Å². The molecule has 14 heavy (non-hydrogen) atoms. The van der Waals surface area contributed by atoms with Crippen molar-refractivity contribution in [2.45, 2.75) is 26.1 Å². The van der Waals surface area contributed by atoms with Crippen molar-refractivity contribution in [2.75, 3.05) is 18.0 Å². The number of anilines is 1. The summed E-state index contributed by atoms with van der Waals surface area (Å²) in [6.45, 7) is 6.25. The fourth-order valence-electron chi connectivity index (χ4n) is 2.03. The zero-order valence-electron chi connectivity index (χ0n) is 8.81. The van der Waals surface area contributed by atoms with Gasteiger partial charge in [-0.3, -0.25) is 0 Å². The number of morpholine rings is 1. The van der Waals surface area contributed by atoms with Gasteiger partial charge in [0.2, 0.25) is 0 Å². The van der Waals surface area contributed by atoms with Crippen molar-refractivity contribution in [3.63, 3.8) is 0 Å². The van der Waals surface area contributed by atoms with Crippen LogP contribution in [0.5, 0.6) is 0 Å². The standard InChI is InChI=1S/C12H17NO/c1-10-8-13(9-11(2)14-10)12-6-4-3-5-7-12/h3-7,10-11H,8-9H2,1-2H3/t10-,11+. The van der Waals surface area contributed by atoms with Crippen LogP contribution in [0.1, 0.15) is 13.8 Å². The molecule has 0 N–H and O–H groups in total. The van der Waals surface area contributed by atoms with Gasteiger partial charge in [0.15, 0.2) is 0 Å². The Morgan fingerprint density at radius 3 is 2.21 bits per heavy atom. The summed E-state index contributed by atoms with van der Waals surface area (Å²) in [6.07, 6.45) is 0.665. The molecule has 1 heterocycles. The summed E-state index contributed by atoms with van der Waals surface area (Å²) in [5.41, 5.74) is 1.30. The van der Waals surface area contributed by atoms with E-state index in [1.165, 1.54) is 5.69 Å². The summed E-state index contributed by atoms with van der Waals surface area (Å²) < 4.78 is 5.70. The molecule has 1 aliphatic rings. The molecule has 76 valence electrons. The molecule has 0 aliphatic carbocycles. The number of hydrogen-bond donors (Lipinski definition) is 0. The Kier molecular flexibility index (Phi) is 2.73. The minimum absolute atomic E-state index is 0.332. The van der Waals surface area contributed by atoms with Gasteiger partial charge in [-0.2, -0.15) is 0 Å². The lowest BCUT2D eigenvalue weighted by Gasteiger charge is -2.36. The molecule has 1 saturated heterocycles. The highest BCUT2D eigenvalue weighted by molar-refractivity contribution is 5.46. The van der Waals surface area contributed by atoms with E-state index in [1.807, 2.05) is 0 Å². The smallest absolute Gasteiger partial charge is 0.0726 e. The van der Waals surface area contributed by atoms with E-state index < -0.39 is 0 Å². The Balaban J connectivity index is 2.11. The first-order chi connectivity index (χ1) is 6.75. The van der Waals surface area contributed by atoms with E-state index in [0.29, 0.717) is 12.2 Å². The summed E-state index contributed by atoms with van der Waals surface area (Å²) in [6, 6.07) is 10.5. The predicted octanol–water partition coefficient (Wildman–Crippen LogP) is 2.30. The summed E-state index contributed by atoms with van der Waals surface area (Å²) in [5, 5.41) is 0. The molecule has 0 amide bonds. The van der Waals surface area contributed by atoms with E-state index in [4.69, 9.17) is 4.74 Å². The summed E-state index contributed by atoms with van der Waals surface area (Å²) in [7, 11) is 0. The number of hydrogen-bond acceptors (Lipinski definition) is 2. The lowest BCUT2D eigenvalue weighted by atomic mass is 10.2. The molecule has 1 fully saturated rings. The van der Waals surface area contributed by atoms with Crippen LogP contribution in [0.2, 0.25) is 0 Å². The molecule has 0 bridgehead atoms. The van der Waals surface area contributed by atoms with Crippen LogP contribution in [0.3, 0.4) is 0 Å². The average Bonchev–Trinajstić information content (AvgIpc) is 2.18. The molecule has 2 nitrogen and oxygen atoms in total. The van der Waals surface area contributed by atoms with Gasteiger partial charge in [0.1, 0.15) is 0 Å². The van der Waals surface area contributed by atoms with Crippen molar-refractivity contribution in [3.8, 4) is 0 Å². The van der Waals surface area contributed by atoms with E-state index in [2.05, 4.69) is 49.1 Å². The van der Waals surface area contributed by atoms with Crippen molar-refractivity contribution in [2.24, 2.45) is 0 Å². The number of benzene rings is 1. The molecule has 0 unspecified atom stereocenters. The van der Waals surface area contributed by atoms with Crippen molar-refractivity contribution < 1.29 is 4.74 Å². The predicted molar refractivity (Wildman–Crippen MR) is 58.7 cm³/mol. The van der Waals surface area contributed by atoms with Crippen LogP contribution in [-0.4, -0.2) is 25.3 Å². The summed E-state index contributed by atoms with van der Waals surface area (Å²) >= 11 is 0. The average molecular weight is 191 g/mol. The minimum atomic E-state index is 0.332. The number of rotatable bonds is 1. The first kappa shape index (κ1) is 9.53. The molecular weight excluding hydrogens is 174 g/mol. The highest BCUT2D eigenvalue weighted by Gasteiger charge is 2.21. The molecule has 1 aliphatic heterocycles. The Morgan fingerprint density at radius 1 is 1.07 bits per heavy atom. The van der Waals surface area contributed by atoms with E-state index in [0.717, 1.165) is 13.1 Å². The summed E-state index contributed by atoms with van der Waals surface area (Å²) in [5.74, 6) is 0. The van der Waals surface area contributed by atoms with Gasteiger partial charge in [0.05, 0.1) is 12.2 Å². The Morgan fingerprint density at radius 2 is 1.64 bits per heavy atom. The topological polar surface area (TPSA) is 12.5 Å². The number of ether oxygens (including phenoxy) is 1. The molecule has 1 aromatic rings. The Bertz CT molecular complexity index is 276. The number of para-hydroxylation sites is 1. The SMILES string of the molecule is C[C@@H]1CN(c2ccccc2)C[C@H](C)O1. The van der Waals surface area contributed by atoms with Crippen LogP contribution in [0.25, 0.3) is 0 Å². The molecule has 0 saturated carbocycles. The van der Waals surface area contributed by atoms with E-state index in [9.17, 15) is 0 Å². The molecule has 2 atom stereocenters. The van der Waals surface area contributed by atoms with Crippen molar-refractivity contribution >= 4 is 5.69 Å². The third-order valence-corrected chi connectivity index (χ3v) is 2.54. The van der Waals surface area contributed by atoms with Crippen LogP contribution in [0.15, 0.2) is 30.3 Å². The lowest BCUT2D eigenvalue weighted by Crippen LogP contribution is -2.45. The molecule has 1 aromatic carbocycles. The zero-order chi connectivity index (χ0) is 9.97. The van der Waals surface area contributed by atoms with Gasteiger partial charge in [-0.05, 0) is 26.0 Å². The van der Waals surface area contributed by atoms with Crippen LogP contribution >= 0.6 is 0 Å². The van der Waals surface area contributed by atoms with E-state index in [1.54, 1.807) is 0 Å². The van der Waals surface area contributed by atoms with Crippen molar-refractivity contribution in [3.05, 3.63) is 30.3 Å². The van der Waals surface area contributed by atoms with Gasteiger partial charge in [-0.25, -0.2) is 0 Å². The second-order valence-electron chi connectivity index (χ2n) is 4.00.